The molecule has 2 aliphatic rings. The molecule has 8 nitrogen and oxygen atoms in total. The molecule has 1 N–H and O–H groups in total. The lowest BCUT2D eigenvalue weighted by Crippen LogP contribution is -2.47. The number of ether oxygens (including phenoxy) is 2. The first-order valence-corrected chi connectivity index (χ1v) is 9.33. The van der Waals surface area contributed by atoms with Gasteiger partial charge in [0.05, 0.1) is 25.5 Å². The lowest BCUT2D eigenvalue weighted by Gasteiger charge is -2.34. The number of aromatic amines is 1. The first-order chi connectivity index (χ1) is 13.2. The fourth-order valence-corrected chi connectivity index (χ4v) is 4.01. The molecule has 0 aliphatic carbocycles. The number of carbonyl (C=O) groups is 1. The molecule has 2 aliphatic heterocycles. The number of rotatable bonds is 5. The number of H-pyrrole nitrogens is 1. The van der Waals surface area contributed by atoms with Crippen LogP contribution in [0.5, 0.6) is 5.88 Å². The Labute approximate surface area is 170 Å². The fraction of sp³-hybridized carbons (Fsp3) is 0.526. The number of halogens is 1. The average Bonchev–Trinajstić information content (AvgIpc) is 3.37. The van der Waals surface area contributed by atoms with Crippen molar-refractivity contribution in [2.24, 2.45) is 0 Å². The van der Waals surface area contributed by atoms with Crippen LogP contribution < -0.4 is 9.64 Å². The van der Waals surface area contributed by atoms with Gasteiger partial charge in [-0.3, -0.25) is 19.7 Å². The van der Waals surface area contributed by atoms with Crippen LogP contribution in [-0.2, 0) is 9.53 Å². The zero-order valence-electron chi connectivity index (χ0n) is 16.1. The molecule has 4 rings (SSSR count). The highest BCUT2D eigenvalue weighted by atomic mass is 35.5. The zero-order chi connectivity index (χ0) is 18.8. The Bertz CT molecular complexity index is 793. The number of hydrogen-bond donors (Lipinski definition) is 1. The van der Waals surface area contributed by atoms with Gasteiger partial charge in [-0.2, -0.15) is 10.1 Å². The summed E-state index contributed by atoms with van der Waals surface area (Å²) in [5.74, 6) is 1.25. The summed E-state index contributed by atoms with van der Waals surface area (Å²) in [6.45, 7) is 2.48. The molecular formula is C19H26ClN5O3. The van der Waals surface area contributed by atoms with E-state index in [4.69, 9.17) is 9.47 Å². The molecule has 28 heavy (non-hydrogen) atoms. The van der Waals surface area contributed by atoms with E-state index in [9.17, 15) is 4.79 Å². The number of aromatic nitrogens is 3. The van der Waals surface area contributed by atoms with E-state index in [2.05, 4.69) is 20.1 Å². The van der Waals surface area contributed by atoms with E-state index in [1.807, 2.05) is 12.1 Å². The molecule has 2 aromatic heterocycles. The van der Waals surface area contributed by atoms with Crippen LogP contribution in [0.1, 0.15) is 19.3 Å². The van der Waals surface area contributed by atoms with Crippen molar-refractivity contribution in [1.82, 2.24) is 20.1 Å². The van der Waals surface area contributed by atoms with Gasteiger partial charge in [-0.15, -0.1) is 12.4 Å². The maximum Gasteiger partial charge on any atom is 0.245 e. The van der Waals surface area contributed by atoms with Gasteiger partial charge in [0.1, 0.15) is 5.82 Å². The highest BCUT2D eigenvalue weighted by Crippen LogP contribution is 2.32. The molecule has 0 spiro atoms. The summed E-state index contributed by atoms with van der Waals surface area (Å²) < 4.78 is 10.9. The quantitative estimate of drug-likeness (QED) is 0.817. The van der Waals surface area contributed by atoms with Gasteiger partial charge in [-0.1, -0.05) is 0 Å². The van der Waals surface area contributed by atoms with Crippen molar-refractivity contribution in [2.75, 3.05) is 38.8 Å². The van der Waals surface area contributed by atoms with Crippen LogP contribution in [0.2, 0.25) is 0 Å². The van der Waals surface area contributed by atoms with Gasteiger partial charge in [0, 0.05) is 44.1 Å². The minimum Gasteiger partial charge on any atom is -0.480 e. The summed E-state index contributed by atoms with van der Waals surface area (Å²) in [6, 6.07) is 3.74. The van der Waals surface area contributed by atoms with Gasteiger partial charge in [-0.25, -0.2) is 0 Å². The Morgan fingerprint density at radius 3 is 2.57 bits per heavy atom. The Morgan fingerprint density at radius 2 is 1.93 bits per heavy atom. The Balaban J connectivity index is 0.00000225. The molecule has 0 bridgehead atoms. The van der Waals surface area contributed by atoms with E-state index < -0.39 is 0 Å². The second-order valence-corrected chi connectivity index (χ2v) is 6.98. The number of anilines is 1. The predicted octanol–water partition coefficient (Wildman–Crippen LogP) is 2.12. The van der Waals surface area contributed by atoms with Crippen molar-refractivity contribution in [3.05, 3.63) is 24.5 Å². The van der Waals surface area contributed by atoms with Crippen LogP contribution >= 0.6 is 12.4 Å². The lowest BCUT2D eigenvalue weighted by molar-refractivity contribution is -0.122. The third-order valence-corrected chi connectivity index (χ3v) is 5.55. The smallest absolute Gasteiger partial charge is 0.245 e. The molecule has 0 radical (unpaired) electrons. The molecule has 1 unspecified atom stereocenters. The maximum atomic E-state index is 13.0. The second-order valence-electron chi connectivity index (χ2n) is 6.98. The highest BCUT2D eigenvalue weighted by Gasteiger charge is 2.38. The monoisotopic (exact) mass is 407 g/mol. The van der Waals surface area contributed by atoms with Crippen LogP contribution in [0.15, 0.2) is 24.5 Å². The van der Waals surface area contributed by atoms with Crippen LogP contribution in [0.25, 0.3) is 11.1 Å². The number of methoxy groups -OCH3 is 2. The third kappa shape index (κ3) is 3.85. The number of nitrogens with zero attached hydrogens (tertiary/aromatic N) is 4. The van der Waals surface area contributed by atoms with E-state index in [0.717, 1.165) is 43.5 Å². The number of amides is 1. The normalized spacial score (nSPS) is 21.0. The minimum absolute atomic E-state index is 0. The Morgan fingerprint density at radius 1 is 1.14 bits per heavy atom. The van der Waals surface area contributed by atoms with E-state index in [1.165, 1.54) is 0 Å². The number of piperidine rings is 1. The Kier molecular flexibility index (Phi) is 6.53. The van der Waals surface area contributed by atoms with Crippen molar-refractivity contribution in [1.29, 1.82) is 0 Å². The largest absolute Gasteiger partial charge is 0.480 e. The van der Waals surface area contributed by atoms with Crippen LogP contribution in [-0.4, -0.2) is 72.0 Å². The third-order valence-electron chi connectivity index (χ3n) is 5.55. The topological polar surface area (TPSA) is 83.6 Å². The van der Waals surface area contributed by atoms with Gasteiger partial charge in [0.15, 0.2) is 0 Å². The number of likely N-dealkylation sites (tertiary alicyclic amines) is 1. The second kappa shape index (κ2) is 8.89. The first-order valence-electron chi connectivity index (χ1n) is 9.33. The molecule has 1 amide bonds. The van der Waals surface area contributed by atoms with E-state index >= 15 is 0 Å². The van der Waals surface area contributed by atoms with Gasteiger partial charge in [0.25, 0.3) is 0 Å². The van der Waals surface area contributed by atoms with Gasteiger partial charge >= 0.3 is 0 Å². The summed E-state index contributed by atoms with van der Waals surface area (Å²) in [7, 11) is 3.35. The predicted molar refractivity (Wildman–Crippen MR) is 108 cm³/mol. The zero-order valence-corrected chi connectivity index (χ0v) is 16.9. The molecule has 2 aromatic rings. The molecule has 1 atom stereocenters. The van der Waals surface area contributed by atoms with Crippen molar-refractivity contribution >= 4 is 24.1 Å². The number of nitrogens with one attached hydrogen (secondary N) is 1. The molecule has 0 saturated carbocycles. The summed E-state index contributed by atoms with van der Waals surface area (Å²) in [5.41, 5.74) is 1.75. The summed E-state index contributed by atoms with van der Waals surface area (Å²) in [6.07, 6.45) is 6.61. The van der Waals surface area contributed by atoms with E-state index in [0.29, 0.717) is 24.3 Å². The number of hydrogen-bond acceptors (Lipinski definition) is 6. The van der Waals surface area contributed by atoms with E-state index in [-0.39, 0.29) is 24.4 Å². The Hall–Kier alpha value is -2.16. The van der Waals surface area contributed by atoms with Crippen LogP contribution in [0, 0.1) is 0 Å². The molecule has 152 valence electrons. The lowest BCUT2D eigenvalue weighted by atomic mass is 10.0. The molecule has 0 aromatic carbocycles. The summed E-state index contributed by atoms with van der Waals surface area (Å²) >= 11 is 0. The molecule has 4 heterocycles. The van der Waals surface area contributed by atoms with Crippen molar-refractivity contribution in [3.63, 3.8) is 0 Å². The average molecular weight is 408 g/mol. The number of carbonyl (C=O) groups excluding carboxylic acids is 1. The SMILES string of the molecule is COc1nc(N2CCC(N3CCC(OC)CC3)C2=O)ccc1-c1cn[nH]c1.Cl. The summed E-state index contributed by atoms with van der Waals surface area (Å²) in [4.78, 5) is 21.7. The van der Waals surface area contributed by atoms with Crippen LogP contribution in [0.3, 0.4) is 0 Å². The standard InChI is InChI=1S/C19H25N5O3.ClH/c1-26-14-5-8-23(9-6-14)16-7-10-24(19(16)25)17-4-3-15(18(22-17)27-2)13-11-20-21-12-13;/h3-4,11-12,14,16H,5-10H2,1-2H3,(H,20,21);1H. The number of pyridine rings is 1. The molecular weight excluding hydrogens is 382 g/mol. The first kappa shape index (κ1) is 20.6. The summed E-state index contributed by atoms with van der Waals surface area (Å²) in [5, 5.41) is 6.77. The fourth-order valence-electron chi connectivity index (χ4n) is 4.01. The van der Waals surface area contributed by atoms with Gasteiger partial charge in [0.2, 0.25) is 11.8 Å². The maximum absolute atomic E-state index is 13.0. The van der Waals surface area contributed by atoms with E-state index in [1.54, 1.807) is 31.5 Å². The van der Waals surface area contributed by atoms with Gasteiger partial charge < -0.3 is 9.47 Å². The molecule has 9 heteroatoms. The van der Waals surface area contributed by atoms with Crippen LogP contribution in [0.4, 0.5) is 5.82 Å². The molecule has 2 fully saturated rings. The minimum atomic E-state index is -0.0656. The van der Waals surface area contributed by atoms with Crippen molar-refractivity contribution in [3.8, 4) is 17.0 Å². The molecule has 2 saturated heterocycles. The highest BCUT2D eigenvalue weighted by molar-refractivity contribution is 5.99. The van der Waals surface area contributed by atoms with Gasteiger partial charge in [-0.05, 0) is 31.4 Å². The van der Waals surface area contributed by atoms with Crippen molar-refractivity contribution < 1.29 is 14.3 Å². The van der Waals surface area contributed by atoms with Crippen molar-refractivity contribution in [2.45, 2.75) is 31.4 Å².